The second-order valence-corrected chi connectivity index (χ2v) is 8.21. The minimum atomic E-state index is -0.463. The van der Waals surface area contributed by atoms with Gasteiger partial charge in [-0.2, -0.15) is 0 Å². The number of ketones is 1. The van der Waals surface area contributed by atoms with Crippen molar-refractivity contribution < 1.29 is 18.7 Å². The van der Waals surface area contributed by atoms with Crippen LogP contribution in [0.25, 0.3) is 11.0 Å². The first-order chi connectivity index (χ1) is 15.1. The number of carbonyl (C=O) groups is 2. The van der Waals surface area contributed by atoms with Gasteiger partial charge >= 0.3 is 6.09 Å². The molecule has 0 unspecified atom stereocenters. The summed E-state index contributed by atoms with van der Waals surface area (Å²) in [5.74, 6) is 0.261. The second-order valence-electron chi connectivity index (χ2n) is 7.77. The number of ether oxygens (including phenoxy) is 1. The summed E-state index contributed by atoms with van der Waals surface area (Å²) >= 11 is 5.90. The molecule has 1 aliphatic heterocycles. The third-order valence-corrected chi connectivity index (χ3v) is 5.89. The second kappa shape index (κ2) is 9.98. The number of likely N-dealkylation sites (tertiary alicyclic amines) is 1. The topological polar surface area (TPSA) is 71.8 Å². The first kappa shape index (κ1) is 21.4. The summed E-state index contributed by atoms with van der Waals surface area (Å²) in [7, 11) is 0. The average Bonchev–Trinajstić information content (AvgIpc) is 3.25. The van der Waals surface area contributed by atoms with Crippen LogP contribution in [0.3, 0.4) is 0 Å². The molecule has 0 aliphatic carbocycles. The van der Waals surface area contributed by atoms with Crippen LogP contribution in [-0.2, 0) is 4.74 Å². The standard InChI is InChI=1S/C24H25ClN2O4/c25-20-4-2-17(3-5-20)23(28)18-8-12-27(13-9-18)11-1-14-31-24(29)26-21-6-7-22-19(16-21)10-15-30-22/h2-7,10,15-16,18H,1,8-9,11-14H2,(H,26,29). The van der Waals surface area contributed by atoms with E-state index < -0.39 is 6.09 Å². The van der Waals surface area contributed by atoms with Crippen molar-refractivity contribution in [1.82, 2.24) is 4.90 Å². The van der Waals surface area contributed by atoms with Crippen molar-refractivity contribution in [1.29, 1.82) is 0 Å². The maximum absolute atomic E-state index is 12.6. The van der Waals surface area contributed by atoms with Gasteiger partial charge in [-0.15, -0.1) is 0 Å². The Balaban J connectivity index is 1.13. The Labute approximate surface area is 186 Å². The van der Waals surface area contributed by atoms with Gasteiger partial charge < -0.3 is 14.1 Å². The van der Waals surface area contributed by atoms with Crippen molar-refractivity contribution in [2.45, 2.75) is 19.3 Å². The van der Waals surface area contributed by atoms with Crippen LogP contribution in [-0.4, -0.2) is 43.0 Å². The summed E-state index contributed by atoms with van der Waals surface area (Å²) in [5, 5.41) is 4.30. The molecular weight excluding hydrogens is 416 g/mol. The third kappa shape index (κ3) is 5.66. The lowest BCUT2D eigenvalue weighted by Gasteiger charge is -2.31. The van der Waals surface area contributed by atoms with Gasteiger partial charge in [0.05, 0.1) is 12.9 Å². The van der Waals surface area contributed by atoms with Gasteiger partial charge in [0.25, 0.3) is 0 Å². The molecular formula is C24H25ClN2O4. The van der Waals surface area contributed by atoms with E-state index in [-0.39, 0.29) is 11.7 Å². The number of nitrogens with zero attached hydrogens (tertiary/aromatic N) is 1. The van der Waals surface area contributed by atoms with Crippen LogP contribution in [0.5, 0.6) is 0 Å². The van der Waals surface area contributed by atoms with Crippen molar-refractivity contribution in [3.8, 4) is 0 Å². The fourth-order valence-corrected chi connectivity index (χ4v) is 4.05. The number of amides is 1. The van der Waals surface area contributed by atoms with Gasteiger partial charge in [-0.25, -0.2) is 4.79 Å². The molecule has 2 aromatic carbocycles. The largest absolute Gasteiger partial charge is 0.464 e. The van der Waals surface area contributed by atoms with Crippen LogP contribution < -0.4 is 5.32 Å². The molecule has 6 nitrogen and oxygen atoms in total. The Kier molecular flexibility index (Phi) is 6.89. The molecule has 1 aliphatic rings. The molecule has 3 aromatic rings. The maximum Gasteiger partial charge on any atom is 0.411 e. The fraction of sp³-hybridized carbons (Fsp3) is 0.333. The van der Waals surface area contributed by atoms with E-state index in [2.05, 4.69) is 10.2 Å². The van der Waals surface area contributed by atoms with E-state index in [1.807, 2.05) is 18.2 Å². The molecule has 1 saturated heterocycles. The zero-order chi connectivity index (χ0) is 21.6. The molecule has 0 bridgehead atoms. The summed E-state index contributed by atoms with van der Waals surface area (Å²) in [6.07, 6.45) is 3.60. The van der Waals surface area contributed by atoms with Gasteiger partial charge in [0.15, 0.2) is 5.78 Å². The van der Waals surface area contributed by atoms with Gasteiger partial charge in [-0.1, -0.05) is 11.6 Å². The first-order valence-electron chi connectivity index (χ1n) is 10.5. The Morgan fingerprint density at radius 2 is 1.87 bits per heavy atom. The van der Waals surface area contributed by atoms with E-state index in [1.54, 1.807) is 36.6 Å². The molecule has 0 atom stereocenters. The summed E-state index contributed by atoms with van der Waals surface area (Å²) < 4.78 is 10.6. The number of hydrogen-bond acceptors (Lipinski definition) is 5. The number of carbonyl (C=O) groups excluding carboxylic acids is 2. The number of hydrogen-bond donors (Lipinski definition) is 1. The zero-order valence-electron chi connectivity index (χ0n) is 17.2. The first-order valence-corrected chi connectivity index (χ1v) is 10.9. The van der Waals surface area contributed by atoms with Crippen molar-refractivity contribution in [2.75, 3.05) is 31.6 Å². The molecule has 7 heteroatoms. The van der Waals surface area contributed by atoms with E-state index in [1.165, 1.54) is 0 Å². The molecule has 1 amide bonds. The van der Waals surface area contributed by atoms with E-state index in [4.69, 9.17) is 20.8 Å². The van der Waals surface area contributed by atoms with Gasteiger partial charge in [0.2, 0.25) is 0 Å². The van der Waals surface area contributed by atoms with Crippen LogP contribution >= 0.6 is 11.6 Å². The molecule has 1 fully saturated rings. The van der Waals surface area contributed by atoms with Crippen LogP contribution in [0.1, 0.15) is 29.6 Å². The Morgan fingerprint density at radius 3 is 2.65 bits per heavy atom. The molecule has 0 radical (unpaired) electrons. The van der Waals surface area contributed by atoms with Crippen molar-refractivity contribution in [3.05, 3.63) is 65.4 Å². The van der Waals surface area contributed by atoms with Gasteiger partial charge in [0, 0.05) is 34.1 Å². The quantitative estimate of drug-likeness (QED) is 0.381. The minimum absolute atomic E-state index is 0.0621. The normalized spacial score (nSPS) is 15.1. The summed E-state index contributed by atoms with van der Waals surface area (Å²) in [6, 6.07) is 14.4. The highest BCUT2D eigenvalue weighted by Gasteiger charge is 2.25. The molecule has 0 spiro atoms. The monoisotopic (exact) mass is 440 g/mol. The van der Waals surface area contributed by atoms with Gasteiger partial charge in [-0.05, 0) is 80.9 Å². The lowest BCUT2D eigenvalue weighted by Crippen LogP contribution is -2.37. The number of Topliss-reactive ketones (excluding diaryl/α,β-unsaturated/α-hetero) is 1. The molecule has 0 saturated carbocycles. The molecule has 31 heavy (non-hydrogen) atoms. The van der Waals surface area contributed by atoms with Crippen LogP contribution in [0.4, 0.5) is 10.5 Å². The van der Waals surface area contributed by atoms with E-state index in [0.29, 0.717) is 17.3 Å². The van der Waals surface area contributed by atoms with Crippen LogP contribution in [0.15, 0.2) is 59.2 Å². The Morgan fingerprint density at radius 1 is 1.10 bits per heavy atom. The summed E-state index contributed by atoms with van der Waals surface area (Å²) in [5.41, 5.74) is 2.18. The summed E-state index contributed by atoms with van der Waals surface area (Å²) in [4.78, 5) is 26.9. The van der Waals surface area contributed by atoms with E-state index in [9.17, 15) is 9.59 Å². The molecule has 2 heterocycles. The number of halogens is 1. The van der Waals surface area contributed by atoms with Gasteiger partial charge in [0.1, 0.15) is 5.58 Å². The van der Waals surface area contributed by atoms with E-state index >= 15 is 0 Å². The molecule has 162 valence electrons. The SMILES string of the molecule is O=C(Nc1ccc2occc2c1)OCCCN1CCC(C(=O)c2ccc(Cl)cc2)CC1. The Bertz CT molecular complexity index is 1040. The lowest BCUT2D eigenvalue weighted by molar-refractivity contribution is 0.0830. The highest BCUT2D eigenvalue weighted by molar-refractivity contribution is 6.30. The van der Waals surface area contributed by atoms with Crippen LogP contribution in [0, 0.1) is 5.92 Å². The highest BCUT2D eigenvalue weighted by atomic mass is 35.5. The van der Waals surface area contributed by atoms with Crippen molar-refractivity contribution in [2.24, 2.45) is 5.92 Å². The molecule has 1 aromatic heterocycles. The summed E-state index contributed by atoms with van der Waals surface area (Å²) in [6.45, 7) is 2.95. The number of furan rings is 1. The Hall–Kier alpha value is -2.83. The predicted molar refractivity (Wildman–Crippen MR) is 121 cm³/mol. The number of anilines is 1. The number of benzene rings is 2. The molecule has 1 N–H and O–H groups in total. The third-order valence-electron chi connectivity index (χ3n) is 5.64. The highest BCUT2D eigenvalue weighted by Crippen LogP contribution is 2.23. The van der Waals surface area contributed by atoms with Crippen molar-refractivity contribution >= 4 is 40.1 Å². The average molecular weight is 441 g/mol. The smallest absolute Gasteiger partial charge is 0.411 e. The minimum Gasteiger partial charge on any atom is -0.464 e. The van der Waals surface area contributed by atoms with E-state index in [0.717, 1.165) is 55.4 Å². The number of nitrogens with one attached hydrogen (secondary N) is 1. The number of piperidine rings is 1. The lowest BCUT2D eigenvalue weighted by atomic mass is 9.89. The maximum atomic E-state index is 12.6. The zero-order valence-corrected chi connectivity index (χ0v) is 17.9. The predicted octanol–water partition coefficient (Wildman–Crippen LogP) is 5.62. The van der Waals surface area contributed by atoms with Crippen molar-refractivity contribution in [3.63, 3.8) is 0 Å². The molecule has 4 rings (SSSR count). The number of fused-ring (bicyclic) bond motifs is 1. The fourth-order valence-electron chi connectivity index (χ4n) is 3.92. The van der Waals surface area contributed by atoms with Gasteiger partial charge in [-0.3, -0.25) is 10.1 Å². The number of rotatable bonds is 7. The van der Waals surface area contributed by atoms with Crippen LogP contribution in [0.2, 0.25) is 5.02 Å².